The second kappa shape index (κ2) is 5.30. The molecule has 0 radical (unpaired) electrons. The molecule has 0 saturated carbocycles. The van der Waals surface area contributed by atoms with E-state index in [2.05, 4.69) is 9.72 Å². The number of alkyl halides is 3. The van der Waals surface area contributed by atoms with Gasteiger partial charge in [-0.2, -0.15) is 4.98 Å². The first-order valence-electron chi connectivity index (χ1n) is 7.38. The zero-order valence-corrected chi connectivity index (χ0v) is 12.4. The van der Waals surface area contributed by atoms with E-state index < -0.39 is 6.36 Å². The molecule has 4 rings (SSSR count). The lowest BCUT2D eigenvalue weighted by Crippen LogP contribution is -2.36. The minimum Gasteiger partial charge on any atom is -0.458 e. The smallest absolute Gasteiger partial charge is 0.458 e. The Morgan fingerprint density at radius 1 is 1.21 bits per heavy atom. The molecule has 2 aliphatic rings. The quantitative estimate of drug-likeness (QED) is 0.909. The van der Waals surface area contributed by atoms with Gasteiger partial charge in [-0.1, -0.05) is 12.1 Å². The van der Waals surface area contributed by atoms with Gasteiger partial charge in [-0.25, -0.2) is 0 Å². The summed E-state index contributed by atoms with van der Waals surface area (Å²) in [6.07, 6.45) is -2.97. The minimum atomic E-state index is -4.70. The molecule has 6 nitrogen and oxygen atoms in total. The molecule has 9 heteroatoms. The van der Waals surface area contributed by atoms with Crippen molar-refractivity contribution in [1.29, 1.82) is 0 Å². The van der Waals surface area contributed by atoms with Crippen LogP contribution in [0.2, 0.25) is 0 Å². The molecule has 2 aliphatic heterocycles. The third-order valence-corrected chi connectivity index (χ3v) is 4.08. The first-order chi connectivity index (χ1) is 11.4. The predicted octanol–water partition coefficient (Wildman–Crippen LogP) is 2.66. The van der Waals surface area contributed by atoms with Crippen molar-refractivity contribution in [2.75, 3.05) is 5.73 Å². The number of nitrogen functional groups attached to an aromatic ring is 1. The van der Waals surface area contributed by atoms with Crippen molar-refractivity contribution in [2.24, 2.45) is 0 Å². The van der Waals surface area contributed by atoms with E-state index in [1.54, 1.807) is 22.9 Å². The normalized spacial score (nSPS) is 25.7. The monoisotopic (exact) mass is 341 g/mol. The molecule has 1 saturated heterocycles. The van der Waals surface area contributed by atoms with E-state index in [0.29, 0.717) is 24.8 Å². The summed E-state index contributed by atoms with van der Waals surface area (Å²) in [6, 6.07) is 6.16. The van der Waals surface area contributed by atoms with Crippen LogP contribution in [0.3, 0.4) is 0 Å². The van der Waals surface area contributed by atoms with Gasteiger partial charge in [0.25, 0.3) is 6.01 Å². The van der Waals surface area contributed by atoms with Gasteiger partial charge in [0.2, 0.25) is 0 Å². The summed E-state index contributed by atoms with van der Waals surface area (Å²) in [6.45, 7) is 0.579. The third kappa shape index (κ3) is 2.86. The summed E-state index contributed by atoms with van der Waals surface area (Å²) in [5, 5.41) is 0. The predicted molar refractivity (Wildman–Crippen MR) is 76.4 cm³/mol. The van der Waals surface area contributed by atoms with Crippen molar-refractivity contribution in [3.05, 3.63) is 36.0 Å². The fraction of sp³-hybridized carbons (Fsp3) is 0.400. The van der Waals surface area contributed by atoms with Crippen LogP contribution >= 0.6 is 0 Å². The van der Waals surface area contributed by atoms with E-state index >= 15 is 0 Å². The van der Waals surface area contributed by atoms with Crippen LogP contribution in [0.15, 0.2) is 30.5 Å². The number of ether oxygens (including phenoxy) is 3. The van der Waals surface area contributed by atoms with Crippen LogP contribution in [0.4, 0.5) is 19.0 Å². The van der Waals surface area contributed by atoms with E-state index in [9.17, 15) is 13.2 Å². The molecule has 2 aromatic rings. The average Bonchev–Trinajstić information content (AvgIpc) is 3.04. The number of nitrogens with two attached hydrogens (primary N) is 1. The molecule has 0 spiro atoms. The average molecular weight is 341 g/mol. The van der Waals surface area contributed by atoms with Crippen molar-refractivity contribution < 1.29 is 27.4 Å². The number of imidazole rings is 1. The van der Waals surface area contributed by atoms with Crippen molar-refractivity contribution in [3.63, 3.8) is 0 Å². The first kappa shape index (κ1) is 15.1. The van der Waals surface area contributed by atoms with E-state index in [1.165, 1.54) is 12.1 Å². The third-order valence-electron chi connectivity index (χ3n) is 4.08. The fourth-order valence-corrected chi connectivity index (χ4v) is 3.07. The molecular formula is C15H14F3N3O3. The van der Waals surface area contributed by atoms with Gasteiger partial charge in [0.05, 0.1) is 18.8 Å². The Kier molecular flexibility index (Phi) is 3.34. The van der Waals surface area contributed by atoms with Crippen LogP contribution in [0.1, 0.15) is 18.1 Å². The number of anilines is 1. The van der Waals surface area contributed by atoms with Crippen molar-refractivity contribution >= 4 is 5.82 Å². The first-order valence-corrected chi connectivity index (χ1v) is 7.38. The number of hydrogen-bond donors (Lipinski definition) is 1. The highest BCUT2D eigenvalue weighted by atomic mass is 19.4. The van der Waals surface area contributed by atoms with Crippen LogP contribution in [-0.4, -0.2) is 28.1 Å². The number of halogens is 3. The van der Waals surface area contributed by atoms with Gasteiger partial charge in [0.15, 0.2) is 0 Å². The highest BCUT2D eigenvalue weighted by Crippen LogP contribution is 2.39. The van der Waals surface area contributed by atoms with E-state index in [1.807, 2.05) is 0 Å². The van der Waals surface area contributed by atoms with Gasteiger partial charge in [-0.3, -0.25) is 4.57 Å². The standard InChI is InChI=1S/C15H14F3N3O3/c16-15(17,18)24-9-3-1-8(2-4-9)10-5-11-12(22-10)6-21-7-13(19)20-14(21)23-11/h1-4,7,10-12H,5-6,19H2/t10-,11-,12-/m0/s1. The number of benzene rings is 1. The van der Waals surface area contributed by atoms with E-state index in [0.717, 1.165) is 5.56 Å². The summed E-state index contributed by atoms with van der Waals surface area (Å²) in [5.74, 6) is 0.135. The van der Waals surface area contributed by atoms with Crippen LogP contribution in [0.5, 0.6) is 11.8 Å². The van der Waals surface area contributed by atoms with Crippen LogP contribution in [-0.2, 0) is 11.3 Å². The molecule has 1 aromatic heterocycles. The Bertz CT molecular complexity index is 713. The molecule has 128 valence electrons. The Morgan fingerprint density at radius 2 is 1.96 bits per heavy atom. The lowest BCUT2D eigenvalue weighted by Gasteiger charge is -2.25. The molecule has 0 aliphatic carbocycles. The molecule has 2 N–H and O–H groups in total. The summed E-state index contributed by atoms with van der Waals surface area (Å²) in [4.78, 5) is 4.09. The maximum atomic E-state index is 12.2. The van der Waals surface area contributed by atoms with Gasteiger partial charge < -0.3 is 19.9 Å². The second-order valence-corrected chi connectivity index (χ2v) is 5.77. The Morgan fingerprint density at radius 3 is 2.67 bits per heavy atom. The maximum absolute atomic E-state index is 12.2. The Labute approximate surface area is 134 Å². The van der Waals surface area contributed by atoms with Crippen LogP contribution in [0, 0.1) is 0 Å². The van der Waals surface area contributed by atoms with Gasteiger partial charge in [0, 0.05) is 6.42 Å². The zero-order valence-electron chi connectivity index (χ0n) is 12.4. The van der Waals surface area contributed by atoms with E-state index in [4.69, 9.17) is 15.2 Å². The second-order valence-electron chi connectivity index (χ2n) is 5.77. The molecule has 24 heavy (non-hydrogen) atoms. The fourth-order valence-electron chi connectivity index (χ4n) is 3.07. The highest BCUT2D eigenvalue weighted by molar-refractivity contribution is 5.31. The SMILES string of the molecule is Nc1cn2c(n1)O[C@H]1C[C@@H](c3ccc(OC(F)(F)F)cc3)O[C@H]1C2. The Hall–Kier alpha value is -2.42. The van der Waals surface area contributed by atoms with E-state index in [-0.39, 0.29) is 24.1 Å². The molecule has 3 atom stereocenters. The number of fused-ring (bicyclic) bond motifs is 2. The summed E-state index contributed by atoms with van der Waals surface area (Å²) in [5.41, 5.74) is 6.42. The molecule has 0 bridgehead atoms. The zero-order chi connectivity index (χ0) is 16.9. The molecule has 1 aromatic carbocycles. The number of nitrogens with zero attached hydrogens (tertiary/aromatic N) is 2. The van der Waals surface area contributed by atoms with Crippen LogP contribution < -0.4 is 15.2 Å². The summed E-state index contributed by atoms with van der Waals surface area (Å²) >= 11 is 0. The molecule has 0 amide bonds. The number of hydrogen-bond acceptors (Lipinski definition) is 5. The maximum Gasteiger partial charge on any atom is 0.573 e. The largest absolute Gasteiger partial charge is 0.573 e. The molecular weight excluding hydrogens is 327 g/mol. The minimum absolute atomic E-state index is 0.151. The molecule has 3 heterocycles. The number of rotatable bonds is 2. The molecule has 0 unspecified atom stereocenters. The van der Waals surface area contributed by atoms with Gasteiger partial charge in [-0.15, -0.1) is 13.2 Å². The summed E-state index contributed by atoms with van der Waals surface area (Å²) < 4.78 is 54.0. The van der Waals surface area contributed by atoms with Crippen molar-refractivity contribution in [2.45, 2.75) is 37.6 Å². The summed E-state index contributed by atoms with van der Waals surface area (Å²) in [7, 11) is 0. The topological polar surface area (TPSA) is 71.5 Å². The Balaban J connectivity index is 1.45. The van der Waals surface area contributed by atoms with Crippen LogP contribution in [0.25, 0.3) is 0 Å². The van der Waals surface area contributed by atoms with Gasteiger partial charge in [0.1, 0.15) is 23.8 Å². The lowest BCUT2D eigenvalue weighted by atomic mass is 10.0. The highest BCUT2D eigenvalue weighted by Gasteiger charge is 2.41. The van der Waals surface area contributed by atoms with Crippen molar-refractivity contribution in [1.82, 2.24) is 9.55 Å². The van der Waals surface area contributed by atoms with Gasteiger partial charge in [-0.05, 0) is 17.7 Å². The number of aromatic nitrogens is 2. The van der Waals surface area contributed by atoms with Crippen molar-refractivity contribution in [3.8, 4) is 11.8 Å². The molecule has 1 fully saturated rings. The lowest BCUT2D eigenvalue weighted by molar-refractivity contribution is -0.274. The van der Waals surface area contributed by atoms with Gasteiger partial charge >= 0.3 is 6.36 Å².